The number of anilines is 1. The summed E-state index contributed by atoms with van der Waals surface area (Å²) in [5.74, 6) is 0.171. The van der Waals surface area contributed by atoms with Gasteiger partial charge >= 0.3 is 0 Å². The summed E-state index contributed by atoms with van der Waals surface area (Å²) in [6, 6.07) is 8.51. The molecule has 1 aliphatic rings. The minimum Gasteiger partial charge on any atom is -0.507 e. The van der Waals surface area contributed by atoms with Crippen molar-refractivity contribution in [3.63, 3.8) is 0 Å². The molecule has 30 heavy (non-hydrogen) atoms. The van der Waals surface area contributed by atoms with Gasteiger partial charge in [-0.25, -0.2) is 9.97 Å². The van der Waals surface area contributed by atoms with Crippen LogP contribution in [0, 0.1) is 6.92 Å². The number of nitrogens with one attached hydrogen (secondary N) is 1. The molecule has 1 aliphatic heterocycles. The van der Waals surface area contributed by atoms with E-state index in [-0.39, 0.29) is 5.75 Å². The lowest BCUT2D eigenvalue weighted by molar-refractivity contribution is 0.406. The largest absolute Gasteiger partial charge is 0.507 e. The van der Waals surface area contributed by atoms with Gasteiger partial charge < -0.3 is 15.3 Å². The Morgan fingerprint density at radius 2 is 1.90 bits per heavy atom. The van der Waals surface area contributed by atoms with Crippen LogP contribution < -0.4 is 10.2 Å². The number of phenolic OH excluding ortho intramolecular Hbond substituents is 1. The van der Waals surface area contributed by atoms with Crippen LogP contribution in [-0.2, 0) is 7.05 Å². The zero-order valence-corrected chi connectivity index (χ0v) is 17.7. The Morgan fingerprint density at radius 1 is 1.13 bits per heavy atom. The van der Waals surface area contributed by atoms with Gasteiger partial charge in [0.2, 0.25) is 0 Å². The smallest absolute Gasteiger partial charge is 0.160 e. The van der Waals surface area contributed by atoms with E-state index >= 15 is 0 Å². The molecular weight excluding hydrogens is 376 g/mol. The molecule has 4 aromatic rings. The molecule has 5 rings (SSSR count). The molecule has 0 spiro atoms. The summed E-state index contributed by atoms with van der Waals surface area (Å²) in [6.07, 6.45) is 3.87. The number of piperazine rings is 1. The number of benzene rings is 1. The van der Waals surface area contributed by atoms with Crippen LogP contribution in [0.4, 0.5) is 5.69 Å². The van der Waals surface area contributed by atoms with Crippen LogP contribution in [0.25, 0.3) is 33.2 Å². The summed E-state index contributed by atoms with van der Waals surface area (Å²) in [5.41, 5.74) is 5.19. The first-order valence-corrected chi connectivity index (χ1v) is 10.3. The standard InChI is InChI=1S/C23H26N6O/c1-13-10-29(11-14(2)25-13)21-9-24-23-17(15(21)3)5-6-19(26-23)18-7-16-12-28(4)27-20(16)8-22(18)30/h5-9,12-14,25,30H,10-11H2,1-4H3/t13-,14-/m1/s1. The van der Waals surface area contributed by atoms with E-state index in [2.05, 4.69) is 47.1 Å². The fraction of sp³-hybridized carbons (Fsp3) is 0.348. The van der Waals surface area contributed by atoms with Crippen LogP contribution in [0.1, 0.15) is 19.4 Å². The second-order valence-corrected chi connectivity index (χ2v) is 8.44. The van der Waals surface area contributed by atoms with Crippen LogP contribution >= 0.6 is 0 Å². The SMILES string of the molecule is Cc1c(N2C[C@@H](C)N[C@H](C)C2)cnc2nc(-c3cc4cn(C)nc4cc3O)ccc12. The predicted molar refractivity (Wildman–Crippen MR) is 120 cm³/mol. The molecule has 154 valence electrons. The average molecular weight is 403 g/mol. The van der Waals surface area contributed by atoms with Gasteiger partial charge in [0.15, 0.2) is 5.65 Å². The summed E-state index contributed by atoms with van der Waals surface area (Å²) >= 11 is 0. The fourth-order valence-electron chi connectivity index (χ4n) is 4.58. The molecule has 1 saturated heterocycles. The Balaban J connectivity index is 1.56. The lowest BCUT2D eigenvalue weighted by Crippen LogP contribution is -2.54. The van der Waals surface area contributed by atoms with Crippen LogP contribution in [0.15, 0.2) is 36.7 Å². The zero-order chi connectivity index (χ0) is 21.0. The maximum absolute atomic E-state index is 10.5. The quantitative estimate of drug-likeness (QED) is 0.535. The lowest BCUT2D eigenvalue weighted by atomic mass is 10.0. The van der Waals surface area contributed by atoms with Crippen molar-refractivity contribution in [1.82, 2.24) is 25.1 Å². The summed E-state index contributed by atoms with van der Waals surface area (Å²) in [6.45, 7) is 8.49. The number of phenols is 1. The molecule has 7 nitrogen and oxygen atoms in total. The van der Waals surface area contributed by atoms with Gasteiger partial charge in [-0.3, -0.25) is 4.68 Å². The van der Waals surface area contributed by atoms with E-state index in [0.29, 0.717) is 29.0 Å². The number of hydrogen-bond acceptors (Lipinski definition) is 6. The summed E-state index contributed by atoms with van der Waals surface area (Å²) in [4.78, 5) is 11.9. The molecule has 0 radical (unpaired) electrons. The van der Waals surface area contributed by atoms with Crippen molar-refractivity contribution >= 4 is 27.6 Å². The monoisotopic (exact) mass is 402 g/mol. The number of aryl methyl sites for hydroxylation is 2. The van der Waals surface area contributed by atoms with E-state index in [1.54, 1.807) is 10.7 Å². The van der Waals surface area contributed by atoms with Gasteiger partial charge in [-0.05, 0) is 44.5 Å². The highest BCUT2D eigenvalue weighted by molar-refractivity contribution is 5.90. The van der Waals surface area contributed by atoms with Crippen LogP contribution in [0.3, 0.4) is 0 Å². The highest BCUT2D eigenvalue weighted by atomic mass is 16.3. The molecular formula is C23H26N6O. The third kappa shape index (κ3) is 3.15. The molecule has 1 aromatic carbocycles. The minimum atomic E-state index is 0.171. The summed E-state index contributed by atoms with van der Waals surface area (Å²) in [7, 11) is 1.87. The van der Waals surface area contributed by atoms with Crippen molar-refractivity contribution in [3.05, 3.63) is 42.2 Å². The van der Waals surface area contributed by atoms with Crippen molar-refractivity contribution in [2.24, 2.45) is 7.05 Å². The molecule has 0 aliphatic carbocycles. The first-order chi connectivity index (χ1) is 14.4. The summed E-state index contributed by atoms with van der Waals surface area (Å²) < 4.78 is 1.74. The van der Waals surface area contributed by atoms with Gasteiger partial charge in [0.05, 0.1) is 23.1 Å². The van der Waals surface area contributed by atoms with Crippen molar-refractivity contribution in [1.29, 1.82) is 0 Å². The van der Waals surface area contributed by atoms with E-state index in [9.17, 15) is 5.11 Å². The average Bonchev–Trinajstić information content (AvgIpc) is 3.05. The Kier molecular flexibility index (Phi) is 4.36. The van der Waals surface area contributed by atoms with Crippen molar-refractivity contribution in [2.75, 3.05) is 18.0 Å². The predicted octanol–water partition coefficient (Wildman–Crippen LogP) is 3.38. The molecule has 2 atom stereocenters. The first kappa shape index (κ1) is 18.8. The van der Waals surface area contributed by atoms with Gasteiger partial charge in [0.1, 0.15) is 5.75 Å². The highest BCUT2D eigenvalue weighted by Crippen LogP contribution is 2.34. The van der Waals surface area contributed by atoms with Crippen LogP contribution in [0.5, 0.6) is 5.75 Å². The molecule has 0 saturated carbocycles. The topological polar surface area (TPSA) is 79.1 Å². The third-order valence-corrected chi connectivity index (χ3v) is 5.88. The van der Waals surface area contributed by atoms with E-state index in [1.165, 1.54) is 5.56 Å². The number of aromatic nitrogens is 4. The maximum Gasteiger partial charge on any atom is 0.160 e. The minimum absolute atomic E-state index is 0.171. The number of hydrogen-bond donors (Lipinski definition) is 2. The van der Waals surface area contributed by atoms with Gasteiger partial charge in [-0.2, -0.15) is 5.10 Å². The van der Waals surface area contributed by atoms with Gasteiger partial charge in [0, 0.05) is 60.8 Å². The molecule has 0 unspecified atom stereocenters. The van der Waals surface area contributed by atoms with Gasteiger partial charge in [0.25, 0.3) is 0 Å². The summed E-state index contributed by atoms with van der Waals surface area (Å²) in [5, 5.41) is 20.5. The molecule has 2 N–H and O–H groups in total. The zero-order valence-electron chi connectivity index (χ0n) is 17.7. The van der Waals surface area contributed by atoms with Gasteiger partial charge in [-0.1, -0.05) is 0 Å². The van der Waals surface area contributed by atoms with Crippen molar-refractivity contribution in [3.8, 4) is 17.0 Å². The number of rotatable bonds is 2. The van der Waals surface area contributed by atoms with Crippen LogP contribution in [0.2, 0.25) is 0 Å². The third-order valence-electron chi connectivity index (χ3n) is 5.88. The molecule has 4 heterocycles. The molecule has 0 bridgehead atoms. The lowest BCUT2D eigenvalue weighted by Gasteiger charge is -2.38. The maximum atomic E-state index is 10.5. The van der Waals surface area contributed by atoms with E-state index < -0.39 is 0 Å². The van der Waals surface area contributed by atoms with Crippen molar-refractivity contribution in [2.45, 2.75) is 32.9 Å². The Morgan fingerprint density at radius 3 is 2.67 bits per heavy atom. The van der Waals surface area contributed by atoms with Crippen LogP contribution in [-0.4, -0.2) is 50.0 Å². The van der Waals surface area contributed by atoms with E-state index in [1.807, 2.05) is 31.6 Å². The van der Waals surface area contributed by atoms with E-state index in [4.69, 9.17) is 4.98 Å². The molecule has 7 heteroatoms. The molecule has 1 fully saturated rings. The number of pyridine rings is 2. The molecule has 3 aromatic heterocycles. The number of fused-ring (bicyclic) bond motifs is 2. The van der Waals surface area contributed by atoms with Crippen molar-refractivity contribution < 1.29 is 5.11 Å². The Hall–Kier alpha value is -3.19. The normalized spacial score (nSPS) is 19.7. The second-order valence-electron chi connectivity index (χ2n) is 8.44. The highest BCUT2D eigenvalue weighted by Gasteiger charge is 2.23. The number of nitrogens with zero attached hydrogens (tertiary/aromatic N) is 5. The van der Waals surface area contributed by atoms with E-state index in [0.717, 1.165) is 35.1 Å². The number of aromatic hydroxyl groups is 1. The second kappa shape index (κ2) is 6.95. The van der Waals surface area contributed by atoms with Gasteiger partial charge in [-0.15, -0.1) is 0 Å². The fourth-order valence-corrected chi connectivity index (χ4v) is 4.58. The Labute approximate surface area is 175 Å². The molecule has 0 amide bonds. The first-order valence-electron chi connectivity index (χ1n) is 10.3. The Bertz CT molecular complexity index is 1250.